The van der Waals surface area contributed by atoms with Crippen molar-refractivity contribution in [3.05, 3.63) is 30.3 Å². The maximum absolute atomic E-state index is 11.8. The second-order valence-electron chi connectivity index (χ2n) is 4.48. The highest BCUT2D eigenvalue weighted by Gasteiger charge is 2.26. The summed E-state index contributed by atoms with van der Waals surface area (Å²) in [6, 6.07) is 10.5. The Morgan fingerprint density at radius 1 is 1.28 bits per heavy atom. The maximum atomic E-state index is 11.8. The van der Waals surface area contributed by atoms with Crippen molar-refractivity contribution in [1.29, 1.82) is 5.26 Å². The summed E-state index contributed by atoms with van der Waals surface area (Å²) in [6.45, 7) is 3.75. The lowest BCUT2D eigenvalue weighted by Crippen LogP contribution is -2.29. The number of nitriles is 1. The molecule has 0 fully saturated rings. The number of carbonyl (C=O) groups excluding carboxylic acids is 2. The third kappa shape index (κ3) is 4.02. The van der Waals surface area contributed by atoms with Gasteiger partial charge in [-0.05, 0) is 18.1 Å². The number of hydrogen-bond acceptors (Lipinski definition) is 3. The fourth-order valence-corrected chi connectivity index (χ4v) is 1.53. The Labute approximate surface area is 107 Å². The van der Waals surface area contributed by atoms with Gasteiger partial charge in [-0.15, -0.1) is 0 Å². The Bertz CT molecular complexity index is 460. The molecule has 1 aromatic carbocycles. The first kappa shape index (κ1) is 13.9. The van der Waals surface area contributed by atoms with E-state index in [0.29, 0.717) is 5.69 Å². The van der Waals surface area contributed by atoms with Crippen molar-refractivity contribution in [3.8, 4) is 6.07 Å². The SMILES string of the molecule is CC(C)CC(=O)[C@H](C#N)C(=O)Nc1ccccc1. The van der Waals surface area contributed by atoms with Crippen LogP contribution in [-0.4, -0.2) is 11.7 Å². The van der Waals surface area contributed by atoms with Crippen molar-refractivity contribution in [3.63, 3.8) is 0 Å². The van der Waals surface area contributed by atoms with E-state index >= 15 is 0 Å². The summed E-state index contributed by atoms with van der Waals surface area (Å²) in [4.78, 5) is 23.5. The molecule has 4 heteroatoms. The minimum atomic E-state index is -1.23. The van der Waals surface area contributed by atoms with Crippen molar-refractivity contribution in [1.82, 2.24) is 0 Å². The van der Waals surface area contributed by atoms with Crippen LogP contribution in [0.2, 0.25) is 0 Å². The van der Waals surface area contributed by atoms with Gasteiger partial charge in [-0.2, -0.15) is 5.26 Å². The molecule has 94 valence electrons. The van der Waals surface area contributed by atoms with E-state index in [1.54, 1.807) is 30.3 Å². The van der Waals surface area contributed by atoms with Gasteiger partial charge < -0.3 is 5.32 Å². The number of hydrogen-bond donors (Lipinski definition) is 1. The summed E-state index contributed by atoms with van der Waals surface area (Å²) in [7, 11) is 0. The second kappa shape index (κ2) is 6.55. The molecule has 0 aromatic heterocycles. The Morgan fingerprint density at radius 2 is 1.89 bits per heavy atom. The van der Waals surface area contributed by atoms with Gasteiger partial charge in [0, 0.05) is 12.1 Å². The molecule has 0 radical (unpaired) electrons. The fraction of sp³-hybridized carbons (Fsp3) is 0.357. The largest absolute Gasteiger partial charge is 0.325 e. The lowest BCUT2D eigenvalue weighted by Gasteiger charge is -2.10. The molecule has 0 aliphatic heterocycles. The molecule has 0 aliphatic rings. The van der Waals surface area contributed by atoms with Crippen LogP contribution in [0.25, 0.3) is 0 Å². The van der Waals surface area contributed by atoms with E-state index in [-0.39, 0.29) is 18.1 Å². The van der Waals surface area contributed by atoms with Crippen molar-refractivity contribution in [2.24, 2.45) is 11.8 Å². The zero-order valence-corrected chi connectivity index (χ0v) is 10.5. The van der Waals surface area contributed by atoms with Crippen LogP contribution in [0.1, 0.15) is 20.3 Å². The zero-order chi connectivity index (χ0) is 13.5. The van der Waals surface area contributed by atoms with Gasteiger partial charge in [0.15, 0.2) is 11.7 Å². The van der Waals surface area contributed by atoms with E-state index in [4.69, 9.17) is 5.26 Å². The number of rotatable bonds is 5. The molecule has 0 saturated heterocycles. The molecule has 1 amide bonds. The molecule has 1 rings (SSSR count). The van der Waals surface area contributed by atoms with Gasteiger partial charge in [-0.25, -0.2) is 0 Å². The Hall–Kier alpha value is -2.15. The molecule has 0 aliphatic carbocycles. The summed E-state index contributed by atoms with van der Waals surface area (Å²) in [5, 5.41) is 11.5. The number of amides is 1. The first-order valence-corrected chi connectivity index (χ1v) is 5.83. The summed E-state index contributed by atoms with van der Waals surface area (Å²) in [6.07, 6.45) is 0.237. The third-order valence-corrected chi connectivity index (χ3v) is 2.36. The van der Waals surface area contributed by atoms with Crippen LogP contribution in [0.15, 0.2) is 30.3 Å². The quantitative estimate of drug-likeness (QED) is 0.808. The summed E-state index contributed by atoms with van der Waals surface area (Å²) >= 11 is 0. The minimum absolute atomic E-state index is 0.137. The highest BCUT2D eigenvalue weighted by molar-refractivity contribution is 6.09. The van der Waals surface area contributed by atoms with Gasteiger partial charge in [0.25, 0.3) is 0 Å². The molecule has 1 atom stereocenters. The summed E-state index contributed by atoms with van der Waals surface area (Å²) in [5.74, 6) is -1.99. The molecular formula is C14H16N2O2. The molecule has 1 N–H and O–H groups in total. The van der Waals surface area contributed by atoms with Crippen LogP contribution >= 0.6 is 0 Å². The van der Waals surface area contributed by atoms with Gasteiger partial charge in [0.05, 0.1) is 6.07 Å². The number of carbonyl (C=O) groups is 2. The predicted molar refractivity (Wildman–Crippen MR) is 68.6 cm³/mol. The molecule has 0 unspecified atom stereocenters. The molecule has 0 spiro atoms. The van der Waals surface area contributed by atoms with Gasteiger partial charge in [-0.1, -0.05) is 32.0 Å². The first-order valence-electron chi connectivity index (χ1n) is 5.83. The van der Waals surface area contributed by atoms with Crippen molar-refractivity contribution in [2.75, 3.05) is 5.32 Å². The van der Waals surface area contributed by atoms with E-state index in [1.165, 1.54) is 0 Å². The van der Waals surface area contributed by atoms with Gasteiger partial charge >= 0.3 is 0 Å². The third-order valence-electron chi connectivity index (χ3n) is 2.36. The van der Waals surface area contributed by atoms with Crippen LogP contribution in [0.5, 0.6) is 0 Å². The van der Waals surface area contributed by atoms with E-state index in [9.17, 15) is 9.59 Å². The van der Waals surface area contributed by atoms with Crippen LogP contribution in [0.4, 0.5) is 5.69 Å². The van der Waals surface area contributed by atoms with Crippen LogP contribution in [0.3, 0.4) is 0 Å². The second-order valence-corrected chi connectivity index (χ2v) is 4.48. The van der Waals surface area contributed by atoms with Crippen LogP contribution in [-0.2, 0) is 9.59 Å². The average molecular weight is 244 g/mol. The molecule has 18 heavy (non-hydrogen) atoms. The van der Waals surface area contributed by atoms with E-state index < -0.39 is 11.8 Å². The predicted octanol–water partition coefficient (Wildman–Crippen LogP) is 2.38. The fourth-order valence-electron chi connectivity index (χ4n) is 1.53. The molecule has 1 aromatic rings. The highest BCUT2D eigenvalue weighted by Crippen LogP contribution is 2.12. The number of Topliss-reactive ketones (excluding diaryl/α,β-unsaturated/α-hetero) is 1. The number of anilines is 1. The first-order chi connectivity index (χ1) is 8.54. The maximum Gasteiger partial charge on any atom is 0.249 e. The number of ketones is 1. The summed E-state index contributed by atoms with van der Waals surface area (Å²) in [5.41, 5.74) is 0.583. The minimum Gasteiger partial charge on any atom is -0.325 e. The van der Waals surface area contributed by atoms with E-state index in [2.05, 4.69) is 5.32 Å². The Balaban J connectivity index is 2.69. The van der Waals surface area contributed by atoms with Gasteiger partial charge in [0.1, 0.15) is 0 Å². The van der Waals surface area contributed by atoms with Crippen LogP contribution in [0, 0.1) is 23.2 Å². The monoisotopic (exact) mass is 244 g/mol. The lowest BCUT2D eigenvalue weighted by molar-refractivity contribution is -0.129. The highest BCUT2D eigenvalue weighted by atomic mass is 16.2. The van der Waals surface area contributed by atoms with Crippen molar-refractivity contribution >= 4 is 17.4 Å². The number of nitrogens with zero attached hydrogens (tertiary/aromatic N) is 1. The van der Waals surface area contributed by atoms with Gasteiger partial charge in [0.2, 0.25) is 5.91 Å². The van der Waals surface area contributed by atoms with Crippen LogP contribution < -0.4 is 5.32 Å². The molecule has 0 saturated carbocycles. The standard InChI is InChI=1S/C14H16N2O2/c1-10(2)8-13(17)12(9-15)14(18)16-11-6-4-3-5-7-11/h3-7,10,12H,8H2,1-2H3,(H,16,18)/t12-/m0/s1. The van der Waals surface area contributed by atoms with Crippen molar-refractivity contribution in [2.45, 2.75) is 20.3 Å². The van der Waals surface area contributed by atoms with E-state index in [0.717, 1.165) is 0 Å². The smallest absolute Gasteiger partial charge is 0.249 e. The zero-order valence-electron chi connectivity index (χ0n) is 10.5. The number of para-hydroxylation sites is 1. The normalized spacial score (nSPS) is 11.7. The number of nitrogens with one attached hydrogen (secondary N) is 1. The Morgan fingerprint density at radius 3 is 2.39 bits per heavy atom. The summed E-state index contributed by atoms with van der Waals surface area (Å²) < 4.78 is 0. The molecular weight excluding hydrogens is 228 g/mol. The average Bonchev–Trinajstić information content (AvgIpc) is 2.30. The van der Waals surface area contributed by atoms with Gasteiger partial charge in [-0.3, -0.25) is 9.59 Å². The topological polar surface area (TPSA) is 70.0 Å². The molecule has 0 bridgehead atoms. The molecule has 0 heterocycles. The Kier molecular flexibility index (Phi) is 5.06. The molecule has 4 nitrogen and oxygen atoms in total. The van der Waals surface area contributed by atoms with Crippen molar-refractivity contribution < 1.29 is 9.59 Å². The van der Waals surface area contributed by atoms with E-state index in [1.807, 2.05) is 19.9 Å². The lowest BCUT2D eigenvalue weighted by atomic mass is 9.96. The number of benzene rings is 1.